The number of pyridine rings is 1. The lowest BCUT2D eigenvalue weighted by molar-refractivity contribution is 0.161. The zero-order valence-corrected chi connectivity index (χ0v) is 10.9. The fourth-order valence-electron chi connectivity index (χ4n) is 1.79. The van der Waals surface area contributed by atoms with Crippen LogP contribution >= 0.6 is 0 Å². The zero-order valence-electron chi connectivity index (χ0n) is 10.9. The first-order valence-electron chi connectivity index (χ1n) is 6.02. The number of hydrogen-bond acceptors (Lipinski definition) is 4. The van der Waals surface area contributed by atoms with E-state index in [1.165, 1.54) is 0 Å². The SMILES string of the molecule is CCCC(COC)NCc1cccnc1OC. The van der Waals surface area contributed by atoms with E-state index in [-0.39, 0.29) is 0 Å². The summed E-state index contributed by atoms with van der Waals surface area (Å²) in [5, 5.41) is 3.47. The first kappa shape index (κ1) is 13.9. The number of ether oxygens (including phenoxy) is 2. The summed E-state index contributed by atoms with van der Waals surface area (Å²) in [6, 6.07) is 4.33. The van der Waals surface area contributed by atoms with Gasteiger partial charge in [-0.2, -0.15) is 0 Å². The maximum atomic E-state index is 5.22. The topological polar surface area (TPSA) is 43.4 Å². The number of rotatable bonds is 8. The van der Waals surface area contributed by atoms with E-state index in [1.54, 1.807) is 20.4 Å². The van der Waals surface area contributed by atoms with Gasteiger partial charge >= 0.3 is 0 Å². The van der Waals surface area contributed by atoms with Gasteiger partial charge in [0.1, 0.15) is 0 Å². The molecule has 0 spiro atoms. The molecule has 0 amide bonds. The predicted molar refractivity (Wildman–Crippen MR) is 68.2 cm³/mol. The van der Waals surface area contributed by atoms with E-state index in [0.717, 1.165) is 31.6 Å². The van der Waals surface area contributed by atoms with Crippen molar-refractivity contribution in [2.45, 2.75) is 32.4 Å². The third-order valence-electron chi connectivity index (χ3n) is 2.63. The lowest BCUT2D eigenvalue weighted by Crippen LogP contribution is -2.32. The van der Waals surface area contributed by atoms with Crippen molar-refractivity contribution >= 4 is 0 Å². The van der Waals surface area contributed by atoms with E-state index in [0.29, 0.717) is 11.9 Å². The molecule has 0 aliphatic rings. The average Bonchev–Trinajstić information content (AvgIpc) is 2.37. The van der Waals surface area contributed by atoms with Crippen LogP contribution in [0, 0.1) is 0 Å². The summed E-state index contributed by atoms with van der Waals surface area (Å²) in [4.78, 5) is 4.17. The molecule has 96 valence electrons. The fraction of sp³-hybridized carbons (Fsp3) is 0.615. The zero-order chi connectivity index (χ0) is 12.5. The van der Waals surface area contributed by atoms with Crippen LogP contribution in [-0.2, 0) is 11.3 Å². The van der Waals surface area contributed by atoms with Crippen molar-refractivity contribution in [3.63, 3.8) is 0 Å². The first-order chi connectivity index (χ1) is 8.31. The molecule has 0 aliphatic heterocycles. The first-order valence-corrected chi connectivity index (χ1v) is 6.02. The summed E-state index contributed by atoms with van der Waals surface area (Å²) in [6.07, 6.45) is 3.99. The van der Waals surface area contributed by atoms with Gasteiger partial charge in [0.15, 0.2) is 0 Å². The predicted octanol–water partition coefficient (Wildman–Crippen LogP) is 1.99. The lowest BCUT2D eigenvalue weighted by Gasteiger charge is -2.17. The van der Waals surface area contributed by atoms with E-state index < -0.39 is 0 Å². The van der Waals surface area contributed by atoms with Gasteiger partial charge in [-0.15, -0.1) is 0 Å². The van der Waals surface area contributed by atoms with Crippen LogP contribution in [0.4, 0.5) is 0 Å². The minimum Gasteiger partial charge on any atom is -0.481 e. The molecule has 1 N–H and O–H groups in total. The fourth-order valence-corrected chi connectivity index (χ4v) is 1.79. The van der Waals surface area contributed by atoms with E-state index >= 15 is 0 Å². The lowest BCUT2D eigenvalue weighted by atomic mass is 10.1. The second-order valence-electron chi connectivity index (χ2n) is 3.99. The molecule has 1 unspecified atom stereocenters. The molecule has 17 heavy (non-hydrogen) atoms. The van der Waals surface area contributed by atoms with E-state index in [4.69, 9.17) is 9.47 Å². The van der Waals surface area contributed by atoms with Crippen molar-refractivity contribution < 1.29 is 9.47 Å². The van der Waals surface area contributed by atoms with Crippen LogP contribution in [0.1, 0.15) is 25.3 Å². The van der Waals surface area contributed by atoms with Gasteiger partial charge in [-0.1, -0.05) is 19.4 Å². The number of aromatic nitrogens is 1. The second-order valence-corrected chi connectivity index (χ2v) is 3.99. The van der Waals surface area contributed by atoms with Gasteiger partial charge < -0.3 is 14.8 Å². The Labute approximate surface area is 103 Å². The molecule has 4 nitrogen and oxygen atoms in total. The Balaban J connectivity index is 2.52. The van der Waals surface area contributed by atoms with Gasteiger partial charge in [-0.05, 0) is 12.5 Å². The Morgan fingerprint density at radius 1 is 1.41 bits per heavy atom. The summed E-state index contributed by atoms with van der Waals surface area (Å²) < 4.78 is 10.4. The molecule has 4 heteroatoms. The normalized spacial score (nSPS) is 12.4. The molecule has 1 heterocycles. The van der Waals surface area contributed by atoms with Crippen LogP contribution in [0.5, 0.6) is 5.88 Å². The van der Waals surface area contributed by atoms with Crippen molar-refractivity contribution in [2.24, 2.45) is 0 Å². The quantitative estimate of drug-likeness (QED) is 0.752. The summed E-state index contributed by atoms with van der Waals surface area (Å²) in [7, 11) is 3.37. The van der Waals surface area contributed by atoms with Gasteiger partial charge in [0.25, 0.3) is 0 Å². The van der Waals surface area contributed by atoms with Crippen molar-refractivity contribution in [3.8, 4) is 5.88 Å². The van der Waals surface area contributed by atoms with Crippen molar-refractivity contribution in [3.05, 3.63) is 23.9 Å². The molecule has 1 aromatic rings. The maximum Gasteiger partial charge on any atom is 0.217 e. The highest BCUT2D eigenvalue weighted by molar-refractivity contribution is 5.25. The van der Waals surface area contributed by atoms with Crippen LogP contribution in [0.3, 0.4) is 0 Å². The number of nitrogens with zero attached hydrogens (tertiary/aromatic N) is 1. The maximum absolute atomic E-state index is 5.22. The molecule has 0 aliphatic carbocycles. The molecule has 1 atom stereocenters. The van der Waals surface area contributed by atoms with Crippen LogP contribution in [0.25, 0.3) is 0 Å². The van der Waals surface area contributed by atoms with Gasteiger partial charge in [-0.25, -0.2) is 4.98 Å². The molecule has 1 aromatic heterocycles. The molecular weight excluding hydrogens is 216 g/mol. The molecule has 0 saturated carbocycles. The Morgan fingerprint density at radius 3 is 2.88 bits per heavy atom. The second kappa shape index (κ2) is 8.03. The summed E-state index contributed by atoms with van der Waals surface area (Å²) in [6.45, 7) is 3.66. The molecule has 0 fully saturated rings. The average molecular weight is 238 g/mol. The van der Waals surface area contributed by atoms with Crippen LogP contribution in [0.2, 0.25) is 0 Å². The molecule has 1 rings (SSSR count). The molecule has 0 aromatic carbocycles. The molecule has 0 bridgehead atoms. The number of methoxy groups -OCH3 is 2. The highest BCUT2D eigenvalue weighted by atomic mass is 16.5. The number of hydrogen-bond donors (Lipinski definition) is 1. The van der Waals surface area contributed by atoms with Crippen molar-refractivity contribution in [1.29, 1.82) is 0 Å². The Bertz CT molecular complexity index is 312. The smallest absolute Gasteiger partial charge is 0.217 e. The van der Waals surface area contributed by atoms with Crippen LogP contribution in [0.15, 0.2) is 18.3 Å². The standard InChI is InChI=1S/C13H22N2O2/c1-4-6-12(10-16-2)15-9-11-7-5-8-14-13(11)17-3/h5,7-8,12,15H,4,6,9-10H2,1-3H3. The largest absolute Gasteiger partial charge is 0.481 e. The van der Waals surface area contributed by atoms with E-state index in [9.17, 15) is 0 Å². The highest BCUT2D eigenvalue weighted by Crippen LogP contribution is 2.13. The summed E-state index contributed by atoms with van der Waals surface area (Å²) >= 11 is 0. The third-order valence-corrected chi connectivity index (χ3v) is 2.63. The Morgan fingerprint density at radius 2 is 2.24 bits per heavy atom. The van der Waals surface area contributed by atoms with E-state index in [2.05, 4.69) is 17.2 Å². The van der Waals surface area contributed by atoms with Gasteiger partial charge in [0.05, 0.1) is 13.7 Å². The number of nitrogens with one attached hydrogen (secondary N) is 1. The minimum absolute atomic E-state index is 0.384. The van der Waals surface area contributed by atoms with Crippen LogP contribution in [-0.4, -0.2) is 31.9 Å². The third kappa shape index (κ3) is 4.71. The van der Waals surface area contributed by atoms with Gasteiger partial charge in [-0.3, -0.25) is 0 Å². The van der Waals surface area contributed by atoms with Crippen LogP contribution < -0.4 is 10.1 Å². The Hall–Kier alpha value is -1.13. The molecular formula is C13H22N2O2. The van der Waals surface area contributed by atoms with Crippen molar-refractivity contribution in [1.82, 2.24) is 10.3 Å². The van der Waals surface area contributed by atoms with E-state index in [1.807, 2.05) is 12.1 Å². The molecule has 0 saturated heterocycles. The van der Waals surface area contributed by atoms with Gasteiger partial charge in [0.2, 0.25) is 5.88 Å². The monoisotopic (exact) mass is 238 g/mol. The summed E-state index contributed by atoms with van der Waals surface area (Å²) in [5.41, 5.74) is 1.08. The summed E-state index contributed by atoms with van der Waals surface area (Å²) in [5.74, 6) is 0.688. The van der Waals surface area contributed by atoms with Crippen molar-refractivity contribution in [2.75, 3.05) is 20.8 Å². The minimum atomic E-state index is 0.384. The highest BCUT2D eigenvalue weighted by Gasteiger charge is 2.09. The molecule has 0 radical (unpaired) electrons. The Kier molecular flexibility index (Phi) is 6.58. The van der Waals surface area contributed by atoms with Gasteiger partial charge in [0, 0.05) is 31.5 Å².